The van der Waals surface area contributed by atoms with Crippen molar-refractivity contribution in [2.75, 3.05) is 21.9 Å². The van der Waals surface area contributed by atoms with Crippen LogP contribution in [0.1, 0.15) is 13.8 Å². The Bertz CT molecular complexity index is 1280. The van der Waals surface area contributed by atoms with E-state index in [2.05, 4.69) is 5.32 Å². The molecule has 0 aliphatic carbocycles. The molecule has 0 radical (unpaired) electrons. The fraction of sp³-hybridized carbons (Fsp3) is 0.300. The van der Waals surface area contributed by atoms with Crippen molar-refractivity contribution in [2.45, 2.75) is 26.5 Å². The second-order valence-corrected chi connectivity index (χ2v) is 9.97. The lowest BCUT2D eigenvalue weighted by Gasteiger charge is -2.34. The first-order valence-corrected chi connectivity index (χ1v) is 12.0. The zero-order valence-electron chi connectivity index (χ0n) is 16.5. The summed E-state index contributed by atoms with van der Waals surface area (Å²) in [7, 11) is -3.57. The Morgan fingerprint density at radius 2 is 2.00 bits per heavy atom. The molecule has 2 heterocycles. The average Bonchev–Trinajstić information content (AvgIpc) is 3.06. The molecular formula is C20H21N3O5S2. The van der Waals surface area contributed by atoms with Gasteiger partial charge in [-0.1, -0.05) is 23.5 Å². The zero-order chi connectivity index (χ0) is 21.5. The van der Waals surface area contributed by atoms with Gasteiger partial charge in [-0.15, -0.1) is 0 Å². The summed E-state index contributed by atoms with van der Waals surface area (Å²) in [6, 6.07) is 12.0. The minimum Gasteiger partial charge on any atom is -0.476 e. The van der Waals surface area contributed by atoms with Crippen LogP contribution < -0.4 is 19.2 Å². The summed E-state index contributed by atoms with van der Waals surface area (Å²) in [4.78, 5) is 24.9. The molecule has 0 unspecified atom stereocenters. The lowest BCUT2D eigenvalue weighted by molar-refractivity contribution is -0.122. The minimum absolute atomic E-state index is 0.0522. The van der Waals surface area contributed by atoms with E-state index in [-0.39, 0.29) is 17.2 Å². The number of thiazole rings is 1. The Morgan fingerprint density at radius 1 is 1.23 bits per heavy atom. The molecule has 1 atom stereocenters. The van der Waals surface area contributed by atoms with Crippen LogP contribution in [0.4, 0.5) is 11.4 Å². The second kappa shape index (κ2) is 7.77. The quantitative estimate of drug-likeness (QED) is 0.648. The van der Waals surface area contributed by atoms with Crippen LogP contribution in [0.25, 0.3) is 10.2 Å². The maximum atomic E-state index is 12.9. The van der Waals surface area contributed by atoms with Crippen molar-refractivity contribution in [3.63, 3.8) is 0 Å². The van der Waals surface area contributed by atoms with E-state index in [1.165, 1.54) is 4.31 Å². The molecule has 0 bridgehead atoms. The number of rotatable bonds is 5. The van der Waals surface area contributed by atoms with E-state index >= 15 is 0 Å². The van der Waals surface area contributed by atoms with E-state index < -0.39 is 22.0 Å². The van der Waals surface area contributed by atoms with Crippen molar-refractivity contribution in [3.05, 3.63) is 52.1 Å². The lowest BCUT2D eigenvalue weighted by atomic mass is 10.2. The number of para-hydroxylation sites is 2. The van der Waals surface area contributed by atoms with E-state index in [1.54, 1.807) is 54.0 Å². The molecule has 1 amide bonds. The molecule has 2 aromatic carbocycles. The predicted molar refractivity (Wildman–Crippen MR) is 118 cm³/mol. The van der Waals surface area contributed by atoms with E-state index in [1.807, 2.05) is 6.92 Å². The standard InChI is InChI=1S/C20H21N3O5S2/c1-3-22-15-10-9-13(11-18(15)29-20(22)25)21-19(24)17-12-23(30(26,27)4-2)14-7-5-6-8-16(14)28-17/h5-11,17H,3-4,12H2,1-2H3,(H,21,24)/t17-/m0/s1. The number of amides is 1. The molecule has 0 saturated carbocycles. The first kappa shape index (κ1) is 20.4. The van der Waals surface area contributed by atoms with Crippen LogP contribution in [0.2, 0.25) is 0 Å². The van der Waals surface area contributed by atoms with Crippen molar-refractivity contribution in [3.8, 4) is 5.75 Å². The highest BCUT2D eigenvalue weighted by molar-refractivity contribution is 7.92. The summed E-state index contributed by atoms with van der Waals surface area (Å²) < 4.78 is 34.6. The van der Waals surface area contributed by atoms with Crippen molar-refractivity contribution < 1.29 is 17.9 Å². The first-order chi connectivity index (χ1) is 14.3. The van der Waals surface area contributed by atoms with Crippen LogP contribution in [0.5, 0.6) is 5.75 Å². The molecule has 1 aliphatic heterocycles. The van der Waals surface area contributed by atoms with Gasteiger partial charge in [0.15, 0.2) is 6.10 Å². The van der Waals surface area contributed by atoms with Crippen LogP contribution in [-0.2, 0) is 21.4 Å². The molecule has 3 aromatic rings. The molecule has 4 rings (SSSR count). The Hall–Kier alpha value is -2.85. The van der Waals surface area contributed by atoms with Gasteiger partial charge in [0.25, 0.3) is 5.91 Å². The van der Waals surface area contributed by atoms with Gasteiger partial charge >= 0.3 is 4.87 Å². The molecule has 10 heteroatoms. The number of aromatic nitrogens is 1. The highest BCUT2D eigenvalue weighted by atomic mass is 32.2. The van der Waals surface area contributed by atoms with E-state index in [4.69, 9.17) is 4.74 Å². The number of nitrogens with one attached hydrogen (secondary N) is 1. The number of sulfonamides is 1. The first-order valence-electron chi connectivity index (χ1n) is 9.54. The van der Waals surface area contributed by atoms with Crippen LogP contribution in [-0.4, -0.2) is 37.3 Å². The topological polar surface area (TPSA) is 97.7 Å². The maximum absolute atomic E-state index is 12.9. The molecule has 1 N–H and O–H groups in total. The Morgan fingerprint density at radius 3 is 2.73 bits per heavy atom. The third kappa shape index (κ3) is 3.56. The molecular weight excluding hydrogens is 426 g/mol. The van der Waals surface area contributed by atoms with Gasteiger partial charge in [0.05, 0.1) is 28.2 Å². The fourth-order valence-corrected chi connectivity index (χ4v) is 5.54. The highest BCUT2D eigenvalue weighted by Crippen LogP contribution is 2.35. The summed E-state index contributed by atoms with van der Waals surface area (Å²) >= 11 is 1.11. The van der Waals surface area contributed by atoms with E-state index in [0.29, 0.717) is 23.7 Å². The van der Waals surface area contributed by atoms with Crippen molar-refractivity contribution >= 4 is 48.9 Å². The summed E-state index contributed by atoms with van der Waals surface area (Å²) in [5, 5.41) is 2.78. The molecule has 158 valence electrons. The van der Waals surface area contributed by atoms with Crippen LogP contribution in [0, 0.1) is 0 Å². The van der Waals surface area contributed by atoms with Gasteiger partial charge in [0, 0.05) is 12.2 Å². The summed E-state index contributed by atoms with van der Waals surface area (Å²) in [6.07, 6.45) is -1.00. The smallest absolute Gasteiger partial charge is 0.308 e. The number of benzene rings is 2. The lowest BCUT2D eigenvalue weighted by Crippen LogP contribution is -2.49. The van der Waals surface area contributed by atoms with Crippen LogP contribution >= 0.6 is 11.3 Å². The fourth-order valence-electron chi connectivity index (χ4n) is 3.42. The Labute approximate surface area is 177 Å². The average molecular weight is 448 g/mol. The van der Waals surface area contributed by atoms with Crippen molar-refractivity contribution in [1.82, 2.24) is 4.57 Å². The number of hydrogen-bond donors (Lipinski definition) is 1. The van der Waals surface area contributed by atoms with Crippen LogP contribution in [0.15, 0.2) is 47.3 Å². The molecule has 0 fully saturated rings. The van der Waals surface area contributed by atoms with Crippen molar-refractivity contribution in [1.29, 1.82) is 0 Å². The zero-order valence-corrected chi connectivity index (χ0v) is 18.1. The normalized spacial score (nSPS) is 16.2. The molecule has 0 spiro atoms. The molecule has 1 aromatic heterocycles. The largest absolute Gasteiger partial charge is 0.476 e. The van der Waals surface area contributed by atoms with E-state index in [9.17, 15) is 18.0 Å². The summed E-state index contributed by atoms with van der Waals surface area (Å²) in [6.45, 7) is 3.92. The molecule has 30 heavy (non-hydrogen) atoms. The summed E-state index contributed by atoms with van der Waals surface area (Å²) in [5.41, 5.74) is 1.76. The third-order valence-electron chi connectivity index (χ3n) is 4.98. The Balaban J connectivity index is 1.61. The van der Waals surface area contributed by atoms with Crippen molar-refractivity contribution in [2.24, 2.45) is 0 Å². The molecule has 8 nitrogen and oxygen atoms in total. The maximum Gasteiger partial charge on any atom is 0.308 e. The number of ether oxygens (including phenoxy) is 1. The van der Waals surface area contributed by atoms with Gasteiger partial charge < -0.3 is 10.1 Å². The number of carbonyl (C=O) groups excluding carboxylic acids is 1. The van der Waals surface area contributed by atoms with Crippen LogP contribution in [0.3, 0.4) is 0 Å². The highest BCUT2D eigenvalue weighted by Gasteiger charge is 2.35. The number of carbonyl (C=O) groups is 1. The van der Waals surface area contributed by atoms with Gasteiger partial charge in [-0.25, -0.2) is 8.42 Å². The van der Waals surface area contributed by atoms with Gasteiger partial charge in [0.1, 0.15) is 5.75 Å². The predicted octanol–water partition coefficient (Wildman–Crippen LogP) is 2.64. The number of nitrogens with zero attached hydrogens (tertiary/aromatic N) is 2. The molecule has 0 saturated heterocycles. The SMILES string of the molecule is CCn1c(=O)sc2cc(NC(=O)[C@@H]3CN(S(=O)(=O)CC)c4ccccc4O3)ccc21. The number of fused-ring (bicyclic) bond motifs is 2. The number of anilines is 2. The second-order valence-electron chi connectivity index (χ2n) is 6.79. The number of hydrogen-bond acceptors (Lipinski definition) is 6. The van der Waals surface area contributed by atoms with E-state index in [0.717, 1.165) is 21.6 Å². The Kier molecular flexibility index (Phi) is 5.29. The monoisotopic (exact) mass is 447 g/mol. The summed E-state index contributed by atoms with van der Waals surface area (Å²) in [5.74, 6) is -0.198. The van der Waals surface area contributed by atoms with Gasteiger partial charge in [0.2, 0.25) is 10.0 Å². The molecule has 1 aliphatic rings. The van der Waals surface area contributed by atoms with Gasteiger partial charge in [-0.3, -0.25) is 18.5 Å². The van der Waals surface area contributed by atoms with Gasteiger partial charge in [-0.05, 0) is 44.2 Å². The minimum atomic E-state index is -3.57. The number of aryl methyl sites for hydroxylation is 1. The van der Waals surface area contributed by atoms with Gasteiger partial charge in [-0.2, -0.15) is 0 Å². The third-order valence-corrected chi connectivity index (χ3v) is 7.67.